The maximum Gasteiger partial charge on any atom is 0.353 e. The molecule has 1 aromatic heterocycles. The Morgan fingerprint density at radius 3 is 2.74 bits per heavy atom. The van der Waals surface area contributed by atoms with Gasteiger partial charge in [0.25, 0.3) is 0 Å². The molecule has 3 amide bonds. The number of tetrazole rings is 1. The van der Waals surface area contributed by atoms with Gasteiger partial charge in [-0.2, -0.15) is 0 Å². The molecule has 3 fully saturated rings. The smallest absolute Gasteiger partial charge is 0.353 e. The summed E-state index contributed by atoms with van der Waals surface area (Å²) in [4.78, 5) is 54.3. The maximum absolute atomic E-state index is 13.1. The van der Waals surface area contributed by atoms with Gasteiger partial charge in [-0.25, -0.2) is 9.48 Å². The summed E-state index contributed by atoms with van der Waals surface area (Å²) < 4.78 is 1.26. The van der Waals surface area contributed by atoms with Crippen LogP contribution in [-0.4, -0.2) is 124 Å². The number of β-lactam (4-membered cyclic amide) rings is 1. The number of nitrogens with one attached hydrogen (secondary N) is 2. The fourth-order valence-electron chi connectivity index (χ4n) is 6.18. The van der Waals surface area contributed by atoms with Crippen molar-refractivity contribution in [2.45, 2.75) is 68.8 Å². The van der Waals surface area contributed by atoms with E-state index in [2.05, 4.69) is 26.2 Å². The third-order valence-corrected chi connectivity index (χ3v) is 9.50. The Labute approximate surface area is 228 Å². The van der Waals surface area contributed by atoms with E-state index in [9.17, 15) is 34.5 Å². The first-order chi connectivity index (χ1) is 18.6. The van der Waals surface area contributed by atoms with Crippen molar-refractivity contribution in [1.29, 1.82) is 0 Å². The number of β-amino-alcohol motifs (C(OH)–C–C–N with tert-alkyl or cyclic N) is 1. The van der Waals surface area contributed by atoms with Crippen LogP contribution in [0.15, 0.2) is 16.9 Å². The van der Waals surface area contributed by atoms with Gasteiger partial charge in [0.15, 0.2) is 0 Å². The predicted molar refractivity (Wildman–Crippen MR) is 134 cm³/mol. The number of hydrogen-bond acceptors (Lipinski definition) is 11. The summed E-state index contributed by atoms with van der Waals surface area (Å²) in [5.74, 6) is -2.96. The Kier molecular flexibility index (Phi) is 7.63. The number of aliphatic carboxylic acids is 1. The Balaban J connectivity index is 1.23. The van der Waals surface area contributed by atoms with Gasteiger partial charge in [0.05, 0.1) is 36.8 Å². The molecule has 0 aliphatic carbocycles. The number of amides is 3. The van der Waals surface area contributed by atoms with Crippen molar-refractivity contribution >= 4 is 35.5 Å². The lowest BCUT2D eigenvalue weighted by Crippen LogP contribution is -2.66. The van der Waals surface area contributed by atoms with Crippen LogP contribution in [-0.2, 0) is 25.7 Å². The van der Waals surface area contributed by atoms with Gasteiger partial charge in [0, 0.05) is 35.2 Å². The van der Waals surface area contributed by atoms with E-state index in [4.69, 9.17) is 0 Å². The van der Waals surface area contributed by atoms with Crippen molar-refractivity contribution in [2.24, 2.45) is 11.8 Å². The third kappa shape index (κ3) is 5.01. The highest BCUT2D eigenvalue weighted by Gasteiger charge is 2.60. The lowest BCUT2D eigenvalue weighted by atomic mass is 9.78. The van der Waals surface area contributed by atoms with Crippen LogP contribution in [0.3, 0.4) is 0 Å². The molecule has 5 N–H and O–H groups in total. The number of aliphatic hydroxyl groups is 2. The molecule has 0 spiro atoms. The summed E-state index contributed by atoms with van der Waals surface area (Å²) in [5, 5.41) is 46.1. The Hall–Kier alpha value is -3.08. The van der Waals surface area contributed by atoms with Crippen molar-refractivity contribution in [3.63, 3.8) is 0 Å². The van der Waals surface area contributed by atoms with Crippen molar-refractivity contribution in [3.05, 3.63) is 16.9 Å². The number of thioether (sulfide) groups is 1. The van der Waals surface area contributed by atoms with Gasteiger partial charge in [0.2, 0.25) is 17.7 Å². The topological polar surface area (TPSA) is 203 Å². The number of likely N-dealkylation sites (tertiary alicyclic amines) is 1. The van der Waals surface area contributed by atoms with E-state index in [0.717, 1.165) is 0 Å². The molecule has 15 nitrogen and oxygen atoms in total. The van der Waals surface area contributed by atoms with Crippen LogP contribution < -0.4 is 10.6 Å². The second-order valence-electron chi connectivity index (χ2n) is 10.5. The van der Waals surface area contributed by atoms with Crippen LogP contribution in [0.5, 0.6) is 0 Å². The highest BCUT2D eigenvalue weighted by atomic mass is 32.2. The number of carboxylic acids is 1. The van der Waals surface area contributed by atoms with Gasteiger partial charge >= 0.3 is 5.97 Å². The van der Waals surface area contributed by atoms with Gasteiger partial charge in [0.1, 0.15) is 18.6 Å². The first-order valence-electron chi connectivity index (χ1n) is 12.9. The van der Waals surface area contributed by atoms with Gasteiger partial charge in [-0.1, -0.05) is 6.92 Å². The minimum absolute atomic E-state index is 0.0382. The molecule has 0 bridgehead atoms. The van der Waals surface area contributed by atoms with E-state index < -0.39 is 42.2 Å². The van der Waals surface area contributed by atoms with E-state index in [0.29, 0.717) is 24.3 Å². The summed E-state index contributed by atoms with van der Waals surface area (Å²) >= 11 is 1.37. The molecular weight excluding hydrogens is 532 g/mol. The molecule has 39 heavy (non-hydrogen) atoms. The molecule has 1 aromatic rings. The molecule has 212 valence electrons. The lowest BCUT2D eigenvalue weighted by molar-refractivity contribution is -0.158. The Morgan fingerprint density at radius 2 is 2.08 bits per heavy atom. The molecule has 0 saturated carbocycles. The second kappa shape index (κ2) is 10.8. The number of hydrogen-bond donors (Lipinski definition) is 5. The average Bonchev–Trinajstić information content (AvgIpc) is 3.67. The van der Waals surface area contributed by atoms with Crippen LogP contribution in [0.25, 0.3) is 0 Å². The first kappa shape index (κ1) is 27.5. The number of aromatic nitrogens is 4. The molecule has 2 unspecified atom stereocenters. The number of rotatable bonds is 9. The quantitative estimate of drug-likeness (QED) is 0.196. The predicted octanol–water partition coefficient (Wildman–Crippen LogP) is -2.63. The number of carboxylic acid groups (broad SMARTS) is 1. The molecule has 8 atom stereocenters. The molecular formula is C23H32N8O7S. The number of carbonyl (C=O) groups excluding carboxylic acids is 3. The summed E-state index contributed by atoms with van der Waals surface area (Å²) in [7, 11) is 0. The Morgan fingerprint density at radius 1 is 1.31 bits per heavy atom. The van der Waals surface area contributed by atoms with E-state index in [1.165, 1.54) is 32.6 Å². The van der Waals surface area contributed by atoms with Gasteiger partial charge in [-0.05, 0) is 30.2 Å². The van der Waals surface area contributed by atoms with Crippen LogP contribution in [0.2, 0.25) is 0 Å². The average molecular weight is 565 g/mol. The van der Waals surface area contributed by atoms with Gasteiger partial charge < -0.3 is 35.8 Å². The first-order valence-corrected chi connectivity index (χ1v) is 13.8. The summed E-state index contributed by atoms with van der Waals surface area (Å²) in [6, 6.07) is -1.86. The van der Waals surface area contributed by atoms with Crippen LogP contribution >= 0.6 is 11.8 Å². The van der Waals surface area contributed by atoms with E-state index in [1.54, 1.807) is 6.92 Å². The molecule has 0 radical (unpaired) electrons. The largest absolute Gasteiger partial charge is 0.477 e. The number of fused-ring (bicyclic) bond motifs is 1. The van der Waals surface area contributed by atoms with Crippen LogP contribution in [0, 0.1) is 11.8 Å². The fraction of sp³-hybridized carbons (Fsp3) is 0.696. The second-order valence-corrected chi connectivity index (χ2v) is 11.9. The van der Waals surface area contributed by atoms with E-state index in [-0.39, 0.29) is 54.3 Å². The van der Waals surface area contributed by atoms with Crippen molar-refractivity contribution < 1.29 is 34.5 Å². The van der Waals surface area contributed by atoms with E-state index >= 15 is 0 Å². The minimum Gasteiger partial charge on any atom is -0.477 e. The van der Waals surface area contributed by atoms with Crippen LogP contribution in [0.1, 0.15) is 26.7 Å². The number of aliphatic hydroxyl groups excluding tert-OH is 2. The third-order valence-electron chi connectivity index (χ3n) is 7.98. The molecule has 16 heteroatoms. The van der Waals surface area contributed by atoms with Crippen molar-refractivity contribution in [2.75, 3.05) is 19.7 Å². The monoisotopic (exact) mass is 564 g/mol. The highest BCUT2D eigenvalue weighted by Crippen LogP contribution is 2.51. The van der Waals surface area contributed by atoms with Gasteiger partial charge in [-0.15, -0.1) is 16.9 Å². The molecule has 5 heterocycles. The summed E-state index contributed by atoms with van der Waals surface area (Å²) in [5.41, 5.74) is -0.0382. The number of carbonyl (C=O) groups is 4. The molecule has 5 rings (SSSR count). The lowest BCUT2D eigenvalue weighted by Gasteiger charge is -2.47. The van der Waals surface area contributed by atoms with Crippen molar-refractivity contribution in [3.8, 4) is 0 Å². The zero-order valence-electron chi connectivity index (χ0n) is 21.5. The normalized spacial score (nSPS) is 32.8. The fourth-order valence-corrected chi connectivity index (χ4v) is 7.66. The molecule has 3 saturated heterocycles. The molecule has 0 aromatic carbocycles. The van der Waals surface area contributed by atoms with Gasteiger partial charge in [-0.3, -0.25) is 14.4 Å². The standard InChI is InChI=1S/C23H32N8O7S/c1-10-18-17(11(2)26-16(34)7-29-9-25-27-28-29)22(36)31(18)19(23(37)38)20(10)39-14-4-15(24-5-14)21(35)30-6-13(33)3-12(30)8-32/h9-15,17-18,24,32-33H,3-8H2,1-2H3,(H,26,34)(H,37,38)/t10-,11-,12+,13+,14+,15+,17?,18?/m1/s1. The van der Waals surface area contributed by atoms with Crippen LogP contribution in [0.4, 0.5) is 0 Å². The number of nitrogens with zero attached hydrogens (tertiary/aromatic N) is 6. The minimum atomic E-state index is -1.19. The Bertz CT molecular complexity index is 1180. The molecule has 4 aliphatic heterocycles. The van der Waals surface area contributed by atoms with Crippen molar-refractivity contribution in [1.82, 2.24) is 40.6 Å². The maximum atomic E-state index is 13.1. The SMILES string of the molecule is C[C@@H](NC(=O)Cn1cnnn1)C1C(=O)N2C(C(=O)O)=C(S[C@@H]3CN[C@H](C(=O)N4C[C@@H](O)C[C@H]4CO)C3)[C@H](C)C12. The summed E-state index contributed by atoms with van der Waals surface area (Å²) in [6.07, 6.45) is 1.43. The zero-order chi connectivity index (χ0) is 28.0. The zero-order valence-corrected chi connectivity index (χ0v) is 22.3. The van der Waals surface area contributed by atoms with E-state index in [1.807, 2.05) is 6.92 Å². The summed E-state index contributed by atoms with van der Waals surface area (Å²) in [6.45, 7) is 3.93. The molecule has 4 aliphatic rings. The highest BCUT2D eigenvalue weighted by molar-refractivity contribution is 8.03.